The van der Waals surface area contributed by atoms with Crippen LogP contribution in [0.5, 0.6) is 0 Å². The number of hydrogen-bond acceptors (Lipinski definition) is 3. The van der Waals surface area contributed by atoms with Crippen LogP contribution >= 0.6 is 11.6 Å². The molecule has 1 aromatic carbocycles. The predicted molar refractivity (Wildman–Crippen MR) is 71.5 cm³/mol. The number of hydrogen-bond donors (Lipinski definition) is 0. The Bertz CT molecular complexity index is 576. The van der Waals surface area contributed by atoms with E-state index >= 15 is 0 Å². The molecule has 98 valence electrons. The maximum atomic E-state index is 11.8. The topological polar surface area (TPSA) is 61.2 Å². The fourth-order valence-electron chi connectivity index (χ4n) is 1.59. The van der Waals surface area contributed by atoms with Gasteiger partial charge in [0, 0.05) is 11.6 Å². The van der Waals surface area contributed by atoms with Gasteiger partial charge in [0.15, 0.2) is 0 Å². The van der Waals surface area contributed by atoms with E-state index in [1.54, 1.807) is 38.1 Å². The number of rotatable bonds is 4. The average molecular weight is 287 g/mol. The minimum atomic E-state index is -3.48. The zero-order valence-corrected chi connectivity index (χ0v) is 12.1. The number of halogens is 1. The molecular formula is C12H15ClN2O2S. The molecule has 0 aliphatic rings. The van der Waals surface area contributed by atoms with Gasteiger partial charge in [0.05, 0.1) is 12.3 Å². The van der Waals surface area contributed by atoms with E-state index in [0.717, 1.165) is 16.1 Å². The Morgan fingerprint density at radius 2 is 2.06 bits per heavy atom. The van der Waals surface area contributed by atoms with Crippen molar-refractivity contribution in [1.29, 1.82) is 5.26 Å². The van der Waals surface area contributed by atoms with Crippen LogP contribution in [0.2, 0.25) is 5.02 Å². The van der Waals surface area contributed by atoms with Gasteiger partial charge in [-0.3, -0.25) is 0 Å². The Morgan fingerprint density at radius 3 is 2.50 bits per heavy atom. The van der Waals surface area contributed by atoms with Gasteiger partial charge in [-0.15, -0.1) is 0 Å². The van der Waals surface area contributed by atoms with E-state index in [1.807, 2.05) is 6.07 Å². The highest BCUT2D eigenvalue weighted by atomic mass is 35.5. The maximum Gasteiger partial charge on any atom is 0.212 e. The summed E-state index contributed by atoms with van der Waals surface area (Å²) < 4.78 is 24.7. The van der Waals surface area contributed by atoms with Crippen LogP contribution in [0.15, 0.2) is 24.3 Å². The third-order valence-electron chi connectivity index (χ3n) is 2.51. The lowest BCUT2D eigenvalue weighted by molar-refractivity contribution is 0.284. The lowest BCUT2D eigenvalue weighted by Gasteiger charge is -2.30. The Kier molecular flexibility index (Phi) is 4.38. The largest absolute Gasteiger partial charge is 0.212 e. The summed E-state index contributed by atoms with van der Waals surface area (Å²) in [6.45, 7) is 3.26. The number of sulfonamides is 1. The summed E-state index contributed by atoms with van der Waals surface area (Å²) in [6, 6.07) is 8.92. The molecule has 0 atom stereocenters. The molecule has 6 heteroatoms. The van der Waals surface area contributed by atoms with Crippen molar-refractivity contribution in [1.82, 2.24) is 4.31 Å². The van der Waals surface area contributed by atoms with E-state index in [1.165, 1.54) is 0 Å². The highest BCUT2D eigenvalue weighted by Gasteiger charge is 2.33. The van der Waals surface area contributed by atoms with Crippen molar-refractivity contribution in [2.45, 2.75) is 25.9 Å². The molecular weight excluding hydrogens is 272 g/mol. The first-order valence-electron chi connectivity index (χ1n) is 5.30. The van der Waals surface area contributed by atoms with E-state index in [2.05, 4.69) is 0 Å². The third-order valence-corrected chi connectivity index (χ3v) is 4.13. The second-order valence-corrected chi connectivity index (χ2v) is 6.91. The van der Waals surface area contributed by atoms with Crippen LogP contribution in [0.25, 0.3) is 0 Å². The minimum absolute atomic E-state index is 0.125. The standard InChI is InChI=1S/C12H15ClN2O2S/c1-12(2,9-14)15(18(3,16)17)8-10-5-4-6-11(13)7-10/h4-7H,8H2,1-3H3. The first kappa shape index (κ1) is 15.0. The zero-order chi connectivity index (χ0) is 14.0. The fraction of sp³-hybridized carbons (Fsp3) is 0.417. The summed E-state index contributed by atoms with van der Waals surface area (Å²) in [5.41, 5.74) is -0.355. The lowest BCUT2D eigenvalue weighted by Crippen LogP contribution is -2.45. The van der Waals surface area contributed by atoms with Gasteiger partial charge in [-0.05, 0) is 31.5 Å². The SMILES string of the molecule is CC(C)(C#N)N(Cc1cccc(Cl)c1)S(C)(=O)=O. The van der Waals surface area contributed by atoms with Gasteiger partial charge in [0.25, 0.3) is 0 Å². The smallest absolute Gasteiger partial charge is 0.212 e. The molecule has 0 radical (unpaired) electrons. The zero-order valence-electron chi connectivity index (χ0n) is 10.5. The Morgan fingerprint density at radius 1 is 1.44 bits per heavy atom. The van der Waals surface area contributed by atoms with Crippen LogP contribution in [0.3, 0.4) is 0 Å². The molecule has 0 saturated carbocycles. The summed E-state index contributed by atoms with van der Waals surface area (Å²) in [6.07, 6.45) is 1.09. The normalized spacial score (nSPS) is 12.4. The van der Waals surface area contributed by atoms with Gasteiger partial charge >= 0.3 is 0 Å². The maximum absolute atomic E-state index is 11.8. The minimum Gasteiger partial charge on any atom is -0.212 e. The van der Waals surface area contributed by atoms with Gasteiger partial charge in [0.2, 0.25) is 10.0 Å². The first-order chi connectivity index (χ1) is 8.16. The van der Waals surface area contributed by atoms with Crippen molar-refractivity contribution >= 4 is 21.6 Å². The second kappa shape index (κ2) is 5.27. The number of nitriles is 1. The van der Waals surface area contributed by atoms with Crippen molar-refractivity contribution in [2.24, 2.45) is 0 Å². The molecule has 0 aliphatic carbocycles. The average Bonchev–Trinajstić information content (AvgIpc) is 2.24. The van der Waals surface area contributed by atoms with E-state index in [9.17, 15) is 8.42 Å². The molecule has 18 heavy (non-hydrogen) atoms. The summed E-state index contributed by atoms with van der Waals surface area (Å²) >= 11 is 5.86. The summed E-state index contributed by atoms with van der Waals surface area (Å²) in [5, 5.41) is 9.62. The Hall–Kier alpha value is -1.09. The fourth-order valence-corrected chi connectivity index (χ4v) is 3.05. The molecule has 0 fully saturated rings. The Labute approximate surface area is 113 Å². The quantitative estimate of drug-likeness (QED) is 0.854. The third kappa shape index (κ3) is 3.70. The van der Waals surface area contributed by atoms with E-state index in [0.29, 0.717) is 5.02 Å². The molecule has 0 aliphatic heterocycles. The van der Waals surface area contributed by atoms with Crippen LogP contribution in [-0.4, -0.2) is 24.5 Å². The van der Waals surface area contributed by atoms with Crippen LogP contribution in [-0.2, 0) is 16.6 Å². The molecule has 0 aromatic heterocycles. The molecule has 0 unspecified atom stereocenters. The molecule has 0 amide bonds. The summed E-state index contributed by atoms with van der Waals surface area (Å²) in [7, 11) is -3.48. The summed E-state index contributed by atoms with van der Waals surface area (Å²) in [5.74, 6) is 0. The molecule has 1 aromatic rings. The van der Waals surface area contributed by atoms with Crippen LogP contribution < -0.4 is 0 Å². The molecule has 0 N–H and O–H groups in total. The van der Waals surface area contributed by atoms with E-state index in [-0.39, 0.29) is 6.54 Å². The highest BCUT2D eigenvalue weighted by molar-refractivity contribution is 7.88. The van der Waals surface area contributed by atoms with Crippen molar-refractivity contribution in [3.05, 3.63) is 34.9 Å². The lowest BCUT2D eigenvalue weighted by atomic mass is 10.1. The van der Waals surface area contributed by atoms with Crippen molar-refractivity contribution in [3.8, 4) is 6.07 Å². The van der Waals surface area contributed by atoms with Crippen molar-refractivity contribution in [3.63, 3.8) is 0 Å². The predicted octanol–water partition coefficient (Wildman–Crippen LogP) is 2.40. The molecule has 0 heterocycles. The van der Waals surface area contributed by atoms with Gasteiger partial charge in [0.1, 0.15) is 5.54 Å². The second-order valence-electron chi connectivity index (χ2n) is 4.57. The van der Waals surface area contributed by atoms with Crippen molar-refractivity contribution < 1.29 is 8.42 Å². The monoisotopic (exact) mass is 286 g/mol. The molecule has 0 saturated heterocycles. The van der Waals surface area contributed by atoms with E-state index in [4.69, 9.17) is 16.9 Å². The van der Waals surface area contributed by atoms with Gasteiger partial charge in [-0.2, -0.15) is 9.57 Å². The molecule has 0 spiro atoms. The number of benzene rings is 1. The van der Waals surface area contributed by atoms with Crippen LogP contribution in [0.4, 0.5) is 0 Å². The van der Waals surface area contributed by atoms with Gasteiger partial charge in [-0.25, -0.2) is 8.42 Å². The van der Waals surface area contributed by atoms with Crippen LogP contribution in [0, 0.1) is 11.3 Å². The van der Waals surface area contributed by atoms with E-state index < -0.39 is 15.6 Å². The van der Waals surface area contributed by atoms with Gasteiger partial charge < -0.3 is 0 Å². The molecule has 0 bridgehead atoms. The highest BCUT2D eigenvalue weighted by Crippen LogP contribution is 2.22. The first-order valence-corrected chi connectivity index (χ1v) is 7.53. The van der Waals surface area contributed by atoms with Gasteiger partial charge in [-0.1, -0.05) is 23.7 Å². The molecule has 1 rings (SSSR count). The Balaban J connectivity index is 3.13. The number of nitrogens with zero attached hydrogens (tertiary/aromatic N) is 2. The van der Waals surface area contributed by atoms with Crippen LogP contribution in [0.1, 0.15) is 19.4 Å². The summed E-state index contributed by atoms with van der Waals surface area (Å²) in [4.78, 5) is 0. The van der Waals surface area contributed by atoms with Crippen molar-refractivity contribution in [2.75, 3.05) is 6.26 Å². The molecule has 4 nitrogen and oxygen atoms in total.